The number of aliphatic hydroxyl groups excluding tert-OH is 2. The molecule has 0 unspecified atom stereocenters. The van der Waals surface area contributed by atoms with Crippen LogP contribution in [0.4, 0.5) is 0 Å². The van der Waals surface area contributed by atoms with Gasteiger partial charge in [-0.1, -0.05) is 0 Å². The van der Waals surface area contributed by atoms with Crippen LogP contribution < -0.4 is 0 Å². The van der Waals surface area contributed by atoms with Gasteiger partial charge in [0.1, 0.15) is 5.41 Å². The normalized spacial score (nSPS) is 18.4. The lowest BCUT2D eigenvalue weighted by molar-refractivity contribution is -0.144. The number of hydrogen-bond acceptors (Lipinski definition) is 5. The Morgan fingerprint density at radius 2 is 1.82 bits per heavy atom. The SMILES string of the molecule is N#CC1(C(=O)N(CCO)CCO)CCOCC1. The molecule has 1 aliphatic rings. The predicted molar refractivity (Wildman–Crippen MR) is 58.9 cm³/mol. The average Bonchev–Trinajstić information content (AvgIpc) is 2.38. The van der Waals surface area contributed by atoms with Crippen molar-refractivity contribution in [1.29, 1.82) is 5.26 Å². The molecule has 2 N–H and O–H groups in total. The number of nitriles is 1. The Bertz CT molecular complexity index is 288. The summed E-state index contributed by atoms with van der Waals surface area (Å²) < 4.78 is 5.16. The van der Waals surface area contributed by atoms with Crippen molar-refractivity contribution in [3.8, 4) is 6.07 Å². The largest absolute Gasteiger partial charge is 0.395 e. The van der Waals surface area contributed by atoms with Gasteiger partial charge in [-0.25, -0.2) is 0 Å². The summed E-state index contributed by atoms with van der Waals surface area (Å²) in [6.07, 6.45) is 0.741. The van der Waals surface area contributed by atoms with Crippen molar-refractivity contribution in [2.75, 3.05) is 39.5 Å². The first-order valence-corrected chi connectivity index (χ1v) is 5.70. The Balaban J connectivity index is 2.78. The number of rotatable bonds is 5. The maximum atomic E-state index is 12.3. The molecule has 6 nitrogen and oxygen atoms in total. The molecular weight excluding hydrogens is 224 g/mol. The van der Waals surface area contributed by atoms with Crippen molar-refractivity contribution in [2.45, 2.75) is 12.8 Å². The third-order valence-corrected chi connectivity index (χ3v) is 3.00. The third kappa shape index (κ3) is 3.16. The first-order valence-electron chi connectivity index (χ1n) is 5.70. The van der Waals surface area contributed by atoms with Gasteiger partial charge in [0.2, 0.25) is 5.91 Å². The minimum atomic E-state index is -1.05. The van der Waals surface area contributed by atoms with Gasteiger partial charge in [-0.3, -0.25) is 4.79 Å². The second-order valence-corrected chi connectivity index (χ2v) is 4.05. The summed E-state index contributed by atoms with van der Waals surface area (Å²) in [5.41, 5.74) is -1.05. The van der Waals surface area contributed by atoms with Gasteiger partial charge in [0.25, 0.3) is 0 Å². The van der Waals surface area contributed by atoms with Crippen LogP contribution in [0, 0.1) is 16.7 Å². The van der Waals surface area contributed by atoms with E-state index in [1.54, 1.807) is 0 Å². The molecule has 17 heavy (non-hydrogen) atoms. The summed E-state index contributed by atoms with van der Waals surface area (Å²) in [5.74, 6) is -0.314. The first kappa shape index (κ1) is 13.9. The van der Waals surface area contributed by atoms with Crippen molar-refractivity contribution in [3.63, 3.8) is 0 Å². The van der Waals surface area contributed by atoms with E-state index in [-0.39, 0.29) is 32.2 Å². The maximum Gasteiger partial charge on any atom is 0.243 e. The van der Waals surface area contributed by atoms with Crippen LogP contribution in [0.15, 0.2) is 0 Å². The zero-order valence-corrected chi connectivity index (χ0v) is 9.76. The van der Waals surface area contributed by atoms with Gasteiger partial charge in [-0.2, -0.15) is 5.26 Å². The molecule has 0 bridgehead atoms. The highest BCUT2D eigenvalue weighted by molar-refractivity contribution is 5.85. The van der Waals surface area contributed by atoms with Crippen molar-refractivity contribution in [2.24, 2.45) is 5.41 Å². The summed E-state index contributed by atoms with van der Waals surface area (Å²) in [7, 11) is 0. The molecule has 0 aromatic heterocycles. The molecule has 0 aliphatic carbocycles. The van der Waals surface area contributed by atoms with E-state index in [9.17, 15) is 10.1 Å². The lowest BCUT2D eigenvalue weighted by atomic mass is 9.80. The molecule has 1 rings (SSSR count). The molecule has 1 heterocycles. The molecule has 0 aromatic carbocycles. The van der Waals surface area contributed by atoms with Crippen molar-refractivity contribution in [3.05, 3.63) is 0 Å². The number of hydrogen-bond donors (Lipinski definition) is 2. The molecule has 0 atom stereocenters. The molecule has 1 amide bonds. The van der Waals surface area contributed by atoms with Crippen LogP contribution >= 0.6 is 0 Å². The Kier molecular flexibility index (Phi) is 5.35. The van der Waals surface area contributed by atoms with Crippen molar-refractivity contribution < 1.29 is 19.7 Å². The van der Waals surface area contributed by atoms with Crippen LogP contribution in [0.25, 0.3) is 0 Å². The number of aliphatic hydroxyl groups is 2. The first-order chi connectivity index (χ1) is 8.20. The summed E-state index contributed by atoms with van der Waals surface area (Å²) in [6, 6.07) is 2.08. The fourth-order valence-corrected chi connectivity index (χ4v) is 1.95. The van der Waals surface area contributed by atoms with E-state index in [1.807, 2.05) is 0 Å². The third-order valence-electron chi connectivity index (χ3n) is 3.00. The minimum Gasteiger partial charge on any atom is -0.395 e. The van der Waals surface area contributed by atoms with E-state index >= 15 is 0 Å². The Morgan fingerprint density at radius 1 is 1.29 bits per heavy atom. The molecule has 1 aliphatic heterocycles. The number of nitrogens with zero attached hydrogens (tertiary/aromatic N) is 2. The smallest absolute Gasteiger partial charge is 0.243 e. The topological polar surface area (TPSA) is 93.8 Å². The zero-order chi connectivity index (χ0) is 12.7. The Labute approximate surface area is 100 Å². The van der Waals surface area contributed by atoms with E-state index < -0.39 is 5.41 Å². The number of amides is 1. The molecular formula is C11H18N2O4. The molecule has 96 valence electrons. The maximum absolute atomic E-state index is 12.3. The lowest BCUT2D eigenvalue weighted by Crippen LogP contribution is -2.48. The van der Waals surface area contributed by atoms with Gasteiger partial charge in [-0.05, 0) is 12.8 Å². The van der Waals surface area contributed by atoms with Crippen LogP contribution in [0.1, 0.15) is 12.8 Å². The summed E-state index contributed by atoms with van der Waals surface area (Å²) >= 11 is 0. The molecule has 0 saturated carbocycles. The molecule has 0 spiro atoms. The molecule has 0 aromatic rings. The highest BCUT2D eigenvalue weighted by Gasteiger charge is 2.42. The molecule has 6 heteroatoms. The highest BCUT2D eigenvalue weighted by atomic mass is 16.5. The van der Waals surface area contributed by atoms with E-state index in [0.29, 0.717) is 26.1 Å². The number of ether oxygens (including phenoxy) is 1. The predicted octanol–water partition coefficient (Wildman–Crippen LogP) is -0.880. The summed E-state index contributed by atoms with van der Waals surface area (Å²) in [6.45, 7) is 0.720. The molecule has 0 radical (unpaired) electrons. The lowest BCUT2D eigenvalue weighted by Gasteiger charge is -2.34. The van der Waals surface area contributed by atoms with Crippen LogP contribution in [-0.4, -0.2) is 60.5 Å². The fraction of sp³-hybridized carbons (Fsp3) is 0.818. The van der Waals surface area contributed by atoms with Crippen LogP contribution in [0.2, 0.25) is 0 Å². The Morgan fingerprint density at radius 3 is 2.24 bits per heavy atom. The number of carbonyl (C=O) groups is 1. The molecule has 1 fully saturated rings. The van der Waals surface area contributed by atoms with Gasteiger partial charge in [0.15, 0.2) is 0 Å². The second-order valence-electron chi connectivity index (χ2n) is 4.05. The van der Waals surface area contributed by atoms with Gasteiger partial charge >= 0.3 is 0 Å². The van der Waals surface area contributed by atoms with Crippen LogP contribution in [0.3, 0.4) is 0 Å². The van der Waals surface area contributed by atoms with E-state index in [0.717, 1.165) is 0 Å². The highest BCUT2D eigenvalue weighted by Crippen LogP contribution is 2.31. The van der Waals surface area contributed by atoms with Gasteiger partial charge in [-0.15, -0.1) is 0 Å². The minimum absolute atomic E-state index is 0.143. The fourth-order valence-electron chi connectivity index (χ4n) is 1.95. The van der Waals surface area contributed by atoms with Crippen molar-refractivity contribution >= 4 is 5.91 Å². The average molecular weight is 242 g/mol. The van der Waals surface area contributed by atoms with Crippen LogP contribution in [0.5, 0.6) is 0 Å². The summed E-state index contributed by atoms with van der Waals surface area (Å²) in [4.78, 5) is 13.6. The van der Waals surface area contributed by atoms with Gasteiger partial charge < -0.3 is 19.8 Å². The van der Waals surface area contributed by atoms with Gasteiger partial charge in [0.05, 0.1) is 19.3 Å². The van der Waals surface area contributed by atoms with Crippen molar-refractivity contribution in [1.82, 2.24) is 4.90 Å². The van der Waals surface area contributed by atoms with E-state index in [4.69, 9.17) is 14.9 Å². The molecule has 1 saturated heterocycles. The Hall–Kier alpha value is -1.16. The van der Waals surface area contributed by atoms with Crippen LogP contribution in [-0.2, 0) is 9.53 Å². The van der Waals surface area contributed by atoms with E-state index in [2.05, 4.69) is 6.07 Å². The standard InChI is InChI=1S/C11H18N2O4/c12-9-11(1-7-17-8-2-11)10(16)13(3-5-14)4-6-15/h14-15H,1-8H2. The monoisotopic (exact) mass is 242 g/mol. The quantitative estimate of drug-likeness (QED) is 0.653. The number of carbonyl (C=O) groups excluding carboxylic acids is 1. The van der Waals surface area contributed by atoms with Gasteiger partial charge in [0, 0.05) is 26.3 Å². The second kappa shape index (κ2) is 6.55. The van der Waals surface area contributed by atoms with E-state index in [1.165, 1.54) is 4.90 Å². The summed E-state index contributed by atoms with van der Waals surface area (Å²) in [5, 5.41) is 27.0. The zero-order valence-electron chi connectivity index (χ0n) is 9.76.